The van der Waals surface area contributed by atoms with Crippen molar-refractivity contribution in [2.75, 3.05) is 30.4 Å². The summed E-state index contributed by atoms with van der Waals surface area (Å²) in [5, 5.41) is 1.02. The molecule has 0 bridgehead atoms. The van der Waals surface area contributed by atoms with E-state index in [0.29, 0.717) is 0 Å². The molecular weight excluding hydrogens is 288 g/mol. The highest BCUT2D eigenvalue weighted by Crippen LogP contribution is 2.31. The zero-order valence-corrected chi connectivity index (χ0v) is 12.7. The van der Waals surface area contributed by atoms with Crippen LogP contribution < -0.4 is 15.5 Å². The van der Waals surface area contributed by atoms with Crippen LogP contribution in [0.1, 0.15) is 21.1 Å². The Morgan fingerprint density at radius 3 is 2.95 bits per heavy atom. The highest BCUT2D eigenvalue weighted by Gasteiger charge is 2.22. The average molecular weight is 304 g/mol. The summed E-state index contributed by atoms with van der Waals surface area (Å²) in [5.74, 6) is 0.188. The zero-order valence-electron chi connectivity index (χ0n) is 11.9. The zero-order chi connectivity index (χ0) is 15.0. The van der Waals surface area contributed by atoms with Gasteiger partial charge in [-0.2, -0.15) is 0 Å². The maximum atomic E-state index is 11.2. The number of thiazole rings is 1. The largest absolute Gasteiger partial charge is 0.364 e. The summed E-state index contributed by atoms with van der Waals surface area (Å²) in [7, 11) is 3.98. The number of hydrogen-bond donors (Lipinski definition) is 1. The molecule has 0 spiro atoms. The Balaban J connectivity index is 1.85. The molecule has 1 aliphatic rings. The number of fused-ring (bicyclic) bond motifs is 1. The molecule has 0 saturated carbocycles. The first-order valence-electron chi connectivity index (χ1n) is 6.57. The molecule has 110 valence electrons. The minimum absolute atomic E-state index is 0.240. The molecule has 2 aromatic heterocycles. The fourth-order valence-electron chi connectivity index (χ4n) is 2.22. The van der Waals surface area contributed by atoms with Gasteiger partial charge >= 0.3 is 0 Å². The molecule has 7 nitrogen and oxygen atoms in total. The monoisotopic (exact) mass is 304 g/mol. The van der Waals surface area contributed by atoms with Gasteiger partial charge in [0.2, 0.25) is 0 Å². The normalized spacial score (nSPS) is 13.9. The van der Waals surface area contributed by atoms with Crippen LogP contribution in [0, 0.1) is 0 Å². The van der Waals surface area contributed by atoms with Crippen molar-refractivity contribution < 1.29 is 4.79 Å². The molecule has 3 rings (SSSR count). The lowest BCUT2D eigenvalue weighted by Crippen LogP contribution is -2.30. The molecule has 0 fully saturated rings. The third-order valence-corrected chi connectivity index (χ3v) is 4.58. The van der Waals surface area contributed by atoms with Crippen LogP contribution in [0.25, 0.3) is 0 Å². The maximum absolute atomic E-state index is 11.2. The quantitative estimate of drug-likeness (QED) is 0.896. The van der Waals surface area contributed by atoms with Crippen LogP contribution in [0.3, 0.4) is 0 Å². The Kier molecular flexibility index (Phi) is 3.46. The van der Waals surface area contributed by atoms with Crippen molar-refractivity contribution in [3.63, 3.8) is 0 Å². The van der Waals surface area contributed by atoms with Crippen LogP contribution in [0.4, 0.5) is 10.9 Å². The van der Waals surface area contributed by atoms with E-state index in [4.69, 9.17) is 5.73 Å². The Bertz CT molecular complexity index is 683. The fraction of sp³-hybridized carbons (Fsp3) is 0.385. The summed E-state index contributed by atoms with van der Waals surface area (Å²) in [6.45, 7) is 1.56. The van der Waals surface area contributed by atoms with E-state index in [-0.39, 0.29) is 5.69 Å². The van der Waals surface area contributed by atoms with E-state index >= 15 is 0 Å². The molecule has 21 heavy (non-hydrogen) atoms. The molecule has 0 saturated heterocycles. The Labute approximate surface area is 126 Å². The lowest BCUT2D eigenvalue weighted by molar-refractivity contribution is 0.0995. The van der Waals surface area contributed by atoms with Gasteiger partial charge in [-0.25, -0.2) is 15.0 Å². The molecule has 0 radical (unpaired) electrons. The minimum atomic E-state index is -0.538. The van der Waals surface area contributed by atoms with Crippen LogP contribution >= 0.6 is 11.3 Å². The summed E-state index contributed by atoms with van der Waals surface area (Å²) in [6.07, 6.45) is 2.25. The summed E-state index contributed by atoms with van der Waals surface area (Å²) < 4.78 is 0. The van der Waals surface area contributed by atoms with Crippen molar-refractivity contribution in [1.29, 1.82) is 0 Å². The number of carbonyl (C=O) groups is 1. The van der Waals surface area contributed by atoms with Gasteiger partial charge in [-0.05, 0) is 0 Å². The van der Waals surface area contributed by atoms with Gasteiger partial charge < -0.3 is 15.5 Å². The first-order chi connectivity index (χ1) is 10.0. The van der Waals surface area contributed by atoms with Gasteiger partial charge in [-0.3, -0.25) is 4.79 Å². The molecule has 1 aliphatic heterocycles. The Morgan fingerprint density at radius 1 is 1.43 bits per heavy atom. The third-order valence-electron chi connectivity index (χ3n) is 3.33. The van der Waals surface area contributed by atoms with Crippen molar-refractivity contribution in [3.8, 4) is 0 Å². The lowest BCUT2D eigenvalue weighted by Gasteiger charge is -2.26. The van der Waals surface area contributed by atoms with Crippen LogP contribution in [-0.4, -0.2) is 41.5 Å². The molecule has 8 heteroatoms. The number of aromatic nitrogens is 3. The highest BCUT2D eigenvalue weighted by atomic mass is 32.1. The van der Waals surface area contributed by atoms with E-state index in [2.05, 4.69) is 19.9 Å². The third kappa shape index (κ3) is 2.66. The Morgan fingerprint density at radius 2 is 2.24 bits per heavy atom. The SMILES string of the molecule is CN(C)c1nc2c(s1)CN(c1cc(C(N)=O)ncn1)CC2. The number of nitrogens with zero attached hydrogens (tertiary/aromatic N) is 5. The average Bonchev–Trinajstić information content (AvgIpc) is 2.90. The van der Waals surface area contributed by atoms with E-state index in [9.17, 15) is 4.79 Å². The summed E-state index contributed by atoms with van der Waals surface area (Å²) in [5.41, 5.74) is 6.66. The van der Waals surface area contributed by atoms with Gasteiger partial charge in [-0.1, -0.05) is 11.3 Å². The fourth-order valence-corrected chi connectivity index (χ4v) is 3.27. The van der Waals surface area contributed by atoms with E-state index in [1.807, 2.05) is 19.0 Å². The second-order valence-corrected chi connectivity index (χ2v) is 6.12. The lowest BCUT2D eigenvalue weighted by atomic mass is 10.2. The number of primary amides is 1. The van der Waals surface area contributed by atoms with Crippen LogP contribution in [-0.2, 0) is 13.0 Å². The standard InChI is InChI=1S/C13H16N6OS/c1-18(2)13-17-8-3-4-19(6-10(8)21-13)11-5-9(12(14)20)15-7-16-11/h5,7H,3-4,6H2,1-2H3,(H2,14,20). The topological polar surface area (TPSA) is 88.2 Å². The molecule has 3 heterocycles. The number of anilines is 2. The van der Waals surface area contributed by atoms with Crippen molar-refractivity contribution >= 4 is 28.2 Å². The van der Waals surface area contributed by atoms with E-state index in [1.54, 1.807) is 17.4 Å². The first-order valence-corrected chi connectivity index (χ1v) is 7.39. The van der Waals surface area contributed by atoms with Gasteiger partial charge in [-0.15, -0.1) is 0 Å². The predicted molar refractivity (Wildman–Crippen MR) is 81.7 cm³/mol. The maximum Gasteiger partial charge on any atom is 0.267 e. The van der Waals surface area contributed by atoms with E-state index in [0.717, 1.165) is 36.2 Å². The number of amides is 1. The van der Waals surface area contributed by atoms with Crippen LogP contribution in [0.15, 0.2) is 12.4 Å². The molecule has 2 aromatic rings. The van der Waals surface area contributed by atoms with E-state index in [1.165, 1.54) is 11.2 Å². The Hall–Kier alpha value is -2.22. The van der Waals surface area contributed by atoms with Crippen LogP contribution in [0.5, 0.6) is 0 Å². The van der Waals surface area contributed by atoms with Crippen molar-refractivity contribution in [1.82, 2.24) is 15.0 Å². The van der Waals surface area contributed by atoms with Crippen molar-refractivity contribution in [2.24, 2.45) is 5.73 Å². The summed E-state index contributed by atoms with van der Waals surface area (Å²) in [4.78, 5) is 29.3. The predicted octanol–water partition coefficient (Wildman–Crippen LogP) is 0.661. The number of nitrogens with two attached hydrogens (primary N) is 1. The summed E-state index contributed by atoms with van der Waals surface area (Å²) >= 11 is 1.69. The summed E-state index contributed by atoms with van der Waals surface area (Å²) in [6, 6.07) is 1.64. The number of hydrogen-bond acceptors (Lipinski definition) is 7. The van der Waals surface area contributed by atoms with Gasteiger partial charge in [0.05, 0.1) is 12.2 Å². The molecule has 0 aliphatic carbocycles. The number of rotatable bonds is 3. The van der Waals surface area contributed by atoms with Crippen molar-refractivity contribution in [3.05, 3.63) is 28.7 Å². The van der Waals surface area contributed by atoms with E-state index < -0.39 is 5.91 Å². The molecule has 0 unspecified atom stereocenters. The van der Waals surface area contributed by atoms with Gasteiger partial charge in [0.1, 0.15) is 17.8 Å². The second-order valence-electron chi connectivity index (χ2n) is 5.06. The van der Waals surface area contributed by atoms with Gasteiger partial charge in [0.25, 0.3) is 5.91 Å². The molecule has 2 N–H and O–H groups in total. The molecule has 1 amide bonds. The second kappa shape index (κ2) is 5.28. The molecule has 0 atom stereocenters. The van der Waals surface area contributed by atoms with Gasteiger partial charge in [0, 0.05) is 38.0 Å². The minimum Gasteiger partial charge on any atom is -0.364 e. The first kappa shape index (κ1) is 13.7. The van der Waals surface area contributed by atoms with Crippen molar-refractivity contribution in [2.45, 2.75) is 13.0 Å². The van der Waals surface area contributed by atoms with Crippen LogP contribution in [0.2, 0.25) is 0 Å². The molecular formula is C13H16N6OS. The molecule has 0 aromatic carbocycles. The van der Waals surface area contributed by atoms with Gasteiger partial charge in [0.15, 0.2) is 5.13 Å². The number of carbonyl (C=O) groups excluding carboxylic acids is 1. The smallest absolute Gasteiger partial charge is 0.267 e. The highest BCUT2D eigenvalue weighted by molar-refractivity contribution is 7.15.